The number of carbonyl (C=O) groups is 1. The molecule has 0 aliphatic carbocycles. The van der Waals surface area contributed by atoms with Gasteiger partial charge in [-0.1, -0.05) is 62.7 Å². The third kappa shape index (κ3) is 5.43. The van der Waals surface area contributed by atoms with Crippen molar-refractivity contribution in [3.63, 3.8) is 0 Å². The predicted octanol–water partition coefficient (Wildman–Crippen LogP) is 5.61. The summed E-state index contributed by atoms with van der Waals surface area (Å²) in [5.74, 6) is 0.684. The van der Waals surface area contributed by atoms with Gasteiger partial charge in [-0.25, -0.2) is 4.98 Å². The Kier molecular flexibility index (Phi) is 5.78. The maximum Gasteiger partial charge on any atom is 0.228 e. The van der Waals surface area contributed by atoms with Crippen LogP contribution in [-0.2, 0) is 16.6 Å². The van der Waals surface area contributed by atoms with E-state index in [1.54, 1.807) is 6.20 Å². The van der Waals surface area contributed by atoms with Crippen LogP contribution in [0.15, 0.2) is 66.9 Å². The summed E-state index contributed by atoms with van der Waals surface area (Å²) in [5.41, 5.74) is 5.27. The van der Waals surface area contributed by atoms with Gasteiger partial charge < -0.3 is 10.6 Å². The second-order valence-corrected chi connectivity index (χ2v) is 8.10. The zero-order valence-electron chi connectivity index (χ0n) is 16.9. The quantitative estimate of drug-likeness (QED) is 0.611. The highest BCUT2D eigenvalue weighted by Gasteiger charge is 2.12. The summed E-state index contributed by atoms with van der Waals surface area (Å²) in [6.07, 6.45) is 2.01. The Hall–Kier alpha value is -3.14. The van der Waals surface area contributed by atoms with E-state index in [-0.39, 0.29) is 11.3 Å². The minimum atomic E-state index is -0.0517. The van der Waals surface area contributed by atoms with Crippen molar-refractivity contribution in [3.05, 3.63) is 83.6 Å². The van der Waals surface area contributed by atoms with Crippen LogP contribution in [0.2, 0.25) is 0 Å². The molecular weight excluding hydrogens is 346 g/mol. The molecule has 0 aliphatic heterocycles. The number of nitrogens with zero attached hydrogens (tertiary/aromatic N) is 1. The fourth-order valence-corrected chi connectivity index (χ4v) is 2.84. The first kappa shape index (κ1) is 19.6. The molecule has 2 aromatic carbocycles. The smallest absolute Gasteiger partial charge is 0.228 e. The van der Waals surface area contributed by atoms with E-state index in [9.17, 15) is 4.79 Å². The van der Waals surface area contributed by atoms with E-state index < -0.39 is 0 Å². The van der Waals surface area contributed by atoms with E-state index in [4.69, 9.17) is 0 Å². The molecule has 4 heteroatoms. The third-order valence-electron chi connectivity index (χ3n) is 4.56. The minimum absolute atomic E-state index is 0.0517. The van der Waals surface area contributed by atoms with Crippen LogP contribution in [0.25, 0.3) is 0 Å². The van der Waals surface area contributed by atoms with Crippen molar-refractivity contribution in [1.82, 2.24) is 4.98 Å². The molecule has 0 bridgehead atoms. The van der Waals surface area contributed by atoms with Crippen molar-refractivity contribution in [1.29, 1.82) is 0 Å². The lowest BCUT2D eigenvalue weighted by molar-refractivity contribution is -0.115. The van der Waals surface area contributed by atoms with Gasteiger partial charge in [0.2, 0.25) is 5.91 Å². The van der Waals surface area contributed by atoms with Crippen LogP contribution in [0.3, 0.4) is 0 Å². The van der Waals surface area contributed by atoms with Crippen molar-refractivity contribution < 1.29 is 4.79 Å². The summed E-state index contributed by atoms with van der Waals surface area (Å²) >= 11 is 0. The summed E-state index contributed by atoms with van der Waals surface area (Å²) in [5, 5.41) is 6.18. The number of benzene rings is 2. The van der Waals surface area contributed by atoms with E-state index >= 15 is 0 Å². The van der Waals surface area contributed by atoms with Crippen LogP contribution < -0.4 is 10.6 Å². The van der Waals surface area contributed by atoms with Gasteiger partial charge in [0.05, 0.1) is 18.3 Å². The minimum Gasteiger partial charge on any atom is -0.340 e. The topological polar surface area (TPSA) is 54.0 Å². The van der Waals surface area contributed by atoms with Gasteiger partial charge in [0.15, 0.2) is 0 Å². The first-order valence-corrected chi connectivity index (χ1v) is 9.49. The van der Waals surface area contributed by atoms with Gasteiger partial charge in [-0.2, -0.15) is 0 Å². The predicted molar refractivity (Wildman–Crippen MR) is 116 cm³/mol. The Balaban J connectivity index is 1.57. The molecule has 0 radical (unpaired) electrons. The Bertz CT molecular complexity index is 922. The number of aromatic nitrogens is 1. The fourth-order valence-electron chi connectivity index (χ4n) is 2.84. The number of anilines is 3. The maximum absolute atomic E-state index is 12.2. The van der Waals surface area contributed by atoms with E-state index in [0.29, 0.717) is 12.1 Å². The molecule has 0 unspecified atom stereocenters. The Labute approximate surface area is 167 Å². The number of hydrogen-bond donors (Lipinski definition) is 2. The molecule has 0 saturated carbocycles. The highest BCUT2D eigenvalue weighted by molar-refractivity contribution is 5.92. The van der Waals surface area contributed by atoms with Gasteiger partial charge in [0, 0.05) is 5.69 Å². The summed E-state index contributed by atoms with van der Waals surface area (Å²) in [6.45, 7) is 8.62. The molecule has 0 saturated heterocycles. The number of amides is 1. The van der Waals surface area contributed by atoms with E-state index in [1.807, 2.05) is 43.3 Å². The molecule has 3 aromatic rings. The number of hydrogen-bond acceptors (Lipinski definition) is 3. The number of nitrogens with one attached hydrogen (secondary N) is 2. The highest BCUT2D eigenvalue weighted by atomic mass is 16.1. The molecule has 1 heterocycles. The van der Waals surface area contributed by atoms with Crippen LogP contribution in [0.1, 0.15) is 37.5 Å². The standard InChI is InChI=1S/C24H27N3O/c1-17-5-7-18(8-6-17)15-23(28)27-21-13-14-22(25-16-21)26-20-11-9-19(10-12-20)24(2,3)4/h5-14,16H,15H2,1-4H3,(H,25,26)(H,27,28). The lowest BCUT2D eigenvalue weighted by Gasteiger charge is -2.19. The lowest BCUT2D eigenvalue weighted by Crippen LogP contribution is -2.14. The van der Waals surface area contributed by atoms with Crippen molar-refractivity contribution in [2.45, 2.75) is 39.5 Å². The molecule has 144 valence electrons. The fraction of sp³-hybridized carbons (Fsp3) is 0.250. The average molecular weight is 374 g/mol. The summed E-state index contributed by atoms with van der Waals surface area (Å²) in [6, 6.07) is 20.1. The normalized spacial score (nSPS) is 11.1. The Morgan fingerprint density at radius 3 is 2.11 bits per heavy atom. The number of pyridine rings is 1. The number of carbonyl (C=O) groups excluding carboxylic acids is 1. The van der Waals surface area contributed by atoms with Gasteiger partial charge in [-0.05, 0) is 47.7 Å². The number of aryl methyl sites for hydroxylation is 1. The van der Waals surface area contributed by atoms with Gasteiger partial charge >= 0.3 is 0 Å². The molecule has 1 amide bonds. The average Bonchev–Trinajstić information content (AvgIpc) is 2.65. The first-order valence-electron chi connectivity index (χ1n) is 9.49. The highest BCUT2D eigenvalue weighted by Crippen LogP contribution is 2.24. The largest absolute Gasteiger partial charge is 0.340 e. The van der Waals surface area contributed by atoms with Crippen molar-refractivity contribution in [2.24, 2.45) is 0 Å². The van der Waals surface area contributed by atoms with Gasteiger partial charge in [-0.3, -0.25) is 4.79 Å². The molecule has 0 aliphatic rings. The zero-order valence-corrected chi connectivity index (χ0v) is 16.9. The van der Waals surface area contributed by atoms with E-state index in [2.05, 4.69) is 60.7 Å². The lowest BCUT2D eigenvalue weighted by atomic mass is 9.87. The van der Waals surface area contributed by atoms with Crippen molar-refractivity contribution in [2.75, 3.05) is 10.6 Å². The second-order valence-electron chi connectivity index (χ2n) is 8.10. The monoisotopic (exact) mass is 373 g/mol. The Morgan fingerprint density at radius 1 is 0.893 bits per heavy atom. The molecule has 0 spiro atoms. The van der Waals surface area contributed by atoms with Crippen LogP contribution in [0, 0.1) is 6.92 Å². The van der Waals surface area contributed by atoms with E-state index in [1.165, 1.54) is 11.1 Å². The first-order chi connectivity index (χ1) is 13.3. The molecular formula is C24H27N3O. The van der Waals surface area contributed by atoms with Crippen molar-refractivity contribution >= 4 is 23.1 Å². The molecule has 0 atom stereocenters. The molecule has 4 nitrogen and oxygen atoms in total. The SMILES string of the molecule is Cc1ccc(CC(=O)Nc2ccc(Nc3ccc(C(C)(C)C)cc3)nc2)cc1. The molecule has 0 fully saturated rings. The third-order valence-corrected chi connectivity index (χ3v) is 4.56. The molecule has 2 N–H and O–H groups in total. The summed E-state index contributed by atoms with van der Waals surface area (Å²) in [7, 11) is 0. The van der Waals surface area contributed by atoms with Crippen LogP contribution in [-0.4, -0.2) is 10.9 Å². The molecule has 3 rings (SSSR count). The van der Waals surface area contributed by atoms with Crippen LogP contribution in [0.5, 0.6) is 0 Å². The van der Waals surface area contributed by atoms with Crippen molar-refractivity contribution in [3.8, 4) is 0 Å². The van der Waals surface area contributed by atoms with Crippen LogP contribution >= 0.6 is 0 Å². The number of rotatable bonds is 5. The van der Waals surface area contributed by atoms with Gasteiger partial charge in [-0.15, -0.1) is 0 Å². The van der Waals surface area contributed by atoms with E-state index in [0.717, 1.165) is 17.1 Å². The summed E-state index contributed by atoms with van der Waals surface area (Å²) < 4.78 is 0. The maximum atomic E-state index is 12.2. The van der Waals surface area contributed by atoms with Crippen LogP contribution in [0.4, 0.5) is 17.2 Å². The molecule has 28 heavy (non-hydrogen) atoms. The zero-order chi connectivity index (χ0) is 20.1. The second kappa shape index (κ2) is 8.26. The molecule has 1 aromatic heterocycles. The Morgan fingerprint density at radius 2 is 1.54 bits per heavy atom. The summed E-state index contributed by atoms with van der Waals surface area (Å²) in [4.78, 5) is 16.6. The van der Waals surface area contributed by atoms with Gasteiger partial charge in [0.1, 0.15) is 5.82 Å². The van der Waals surface area contributed by atoms with Gasteiger partial charge in [0.25, 0.3) is 0 Å².